The predicted octanol–water partition coefficient (Wildman–Crippen LogP) is 4.02. The second kappa shape index (κ2) is 9.03. The van der Waals surface area contributed by atoms with E-state index in [0.29, 0.717) is 30.7 Å². The van der Waals surface area contributed by atoms with E-state index in [9.17, 15) is 17.6 Å². The van der Waals surface area contributed by atoms with Gasteiger partial charge < -0.3 is 9.47 Å². The van der Waals surface area contributed by atoms with Crippen LogP contribution in [0.1, 0.15) is 46.7 Å². The average Bonchev–Trinajstić information content (AvgIpc) is 3.43. The van der Waals surface area contributed by atoms with Crippen LogP contribution in [0.15, 0.2) is 41.3 Å². The van der Waals surface area contributed by atoms with Crippen molar-refractivity contribution >= 4 is 27.8 Å². The third-order valence-corrected chi connectivity index (χ3v) is 8.15. The van der Waals surface area contributed by atoms with E-state index in [4.69, 9.17) is 9.47 Å². The zero-order chi connectivity index (χ0) is 23.9. The number of rotatable bonds is 7. The monoisotopic (exact) mass is 486 g/mol. The number of nitrogens with zero attached hydrogens (tertiary/aromatic N) is 1. The van der Waals surface area contributed by atoms with Crippen molar-refractivity contribution < 1.29 is 27.1 Å². The van der Waals surface area contributed by atoms with Gasteiger partial charge in [0.25, 0.3) is 10.0 Å². The molecular weight excluding hydrogens is 459 g/mol. The zero-order valence-electron chi connectivity index (χ0n) is 18.9. The van der Waals surface area contributed by atoms with E-state index in [0.717, 1.165) is 44.0 Å². The van der Waals surface area contributed by atoms with E-state index >= 15 is 0 Å². The lowest BCUT2D eigenvalue weighted by Gasteiger charge is -2.22. The lowest BCUT2D eigenvalue weighted by atomic mass is 10.0. The van der Waals surface area contributed by atoms with E-state index in [2.05, 4.69) is 9.62 Å². The largest absolute Gasteiger partial charge is 0.492 e. The van der Waals surface area contributed by atoms with Crippen LogP contribution >= 0.6 is 0 Å². The number of halogens is 1. The third kappa shape index (κ3) is 4.42. The van der Waals surface area contributed by atoms with E-state index in [1.54, 1.807) is 18.2 Å². The molecule has 1 saturated carbocycles. The Bertz CT molecular complexity index is 1250. The van der Waals surface area contributed by atoms with Crippen molar-refractivity contribution in [3.05, 3.63) is 58.9 Å². The van der Waals surface area contributed by atoms with Crippen LogP contribution in [0.25, 0.3) is 6.08 Å². The minimum Gasteiger partial charge on any atom is -0.492 e. The number of hydrogen-bond donors (Lipinski definition) is 1. The van der Waals surface area contributed by atoms with Crippen molar-refractivity contribution in [2.24, 2.45) is 5.92 Å². The van der Waals surface area contributed by atoms with Crippen LogP contribution in [-0.4, -0.2) is 52.6 Å². The Morgan fingerprint density at radius 2 is 2.06 bits per heavy atom. The number of anilines is 1. The molecular formula is C25H27FN2O5S. The molecule has 34 heavy (non-hydrogen) atoms. The topological polar surface area (TPSA) is 84.9 Å². The van der Waals surface area contributed by atoms with Crippen molar-refractivity contribution in [1.82, 2.24) is 4.90 Å². The Kier molecular flexibility index (Phi) is 6.07. The summed E-state index contributed by atoms with van der Waals surface area (Å²) in [7, 11) is -2.91. The van der Waals surface area contributed by atoms with Crippen molar-refractivity contribution in [2.75, 3.05) is 38.1 Å². The zero-order valence-corrected chi connectivity index (χ0v) is 19.7. The molecule has 0 bridgehead atoms. The predicted molar refractivity (Wildman–Crippen MR) is 126 cm³/mol. The molecule has 2 aromatic carbocycles. The number of esters is 1. The van der Waals surface area contributed by atoms with Gasteiger partial charge in [0.1, 0.15) is 17.1 Å². The Hall–Kier alpha value is -2.91. The van der Waals surface area contributed by atoms with Gasteiger partial charge in [-0.2, -0.15) is 0 Å². The van der Waals surface area contributed by atoms with Crippen molar-refractivity contribution in [3.8, 4) is 5.75 Å². The number of sulfonamides is 1. The summed E-state index contributed by atoms with van der Waals surface area (Å²) in [6, 6.07) is 6.90. The number of carbonyl (C=O) groups excluding carboxylic acids is 1. The molecule has 1 aliphatic carbocycles. The Labute approximate surface area is 198 Å². The first-order chi connectivity index (χ1) is 16.4. The van der Waals surface area contributed by atoms with E-state index < -0.39 is 21.8 Å². The van der Waals surface area contributed by atoms with Crippen molar-refractivity contribution in [1.29, 1.82) is 0 Å². The summed E-state index contributed by atoms with van der Waals surface area (Å²) >= 11 is 0. The Morgan fingerprint density at radius 1 is 1.26 bits per heavy atom. The molecule has 2 fully saturated rings. The molecule has 2 atom stereocenters. The molecule has 1 N–H and O–H groups in total. The fourth-order valence-electron chi connectivity index (χ4n) is 4.83. The molecule has 2 heterocycles. The molecule has 1 saturated heterocycles. The SMILES string of the molecule is COC(=O)c1c(NS(=O)(=O)c2ccc(F)cc2/C=C\CN2CCCC2)ccc2c1OCC1CC21. The summed E-state index contributed by atoms with van der Waals surface area (Å²) in [5.41, 5.74) is 1.26. The Morgan fingerprint density at radius 3 is 2.82 bits per heavy atom. The maximum Gasteiger partial charge on any atom is 0.343 e. The van der Waals surface area contributed by atoms with Gasteiger partial charge in [-0.1, -0.05) is 18.2 Å². The summed E-state index contributed by atoms with van der Waals surface area (Å²) in [5.74, 6) is -0.0813. The van der Waals surface area contributed by atoms with E-state index in [-0.39, 0.29) is 21.7 Å². The maximum atomic E-state index is 14.0. The number of methoxy groups -OCH3 is 1. The highest BCUT2D eigenvalue weighted by Gasteiger charge is 2.45. The highest BCUT2D eigenvalue weighted by Crippen LogP contribution is 2.55. The van der Waals surface area contributed by atoms with Crippen LogP contribution in [0.3, 0.4) is 0 Å². The highest BCUT2D eigenvalue weighted by atomic mass is 32.2. The molecule has 0 spiro atoms. The fraction of sp³-hybridized carbons (Fsp3) is 0.400. The molecule has 2 aliphatic heterocycles. The number of benzene rings is 2. The van der Waals surface area contributed by atoms with Crippen LogP contribution in [0, 0.1) is 11.7 Å². The van der Waals surface area contributed by atoms with Crippen molar-refractivity contribution in [3.63, 3.8) is 0 Å². The number of carbonyl (C=O) groups is 1. The van der Waals surface area contributed by atoms with Crippen LogP contribution in [0.4, 0.5) is 10.1 Å². The molecule has 180 valence electrons. The lowest BCUT2D eigenvalue weighted by molar-refractivity contribution is 0.0596. The number of fused-ring (bicyclic) bond motifs is 3. The molecule has 2 aromatic rings. The summed E-state index contributed by atoms with van der Waals surface area (Å²) in [6.45, 7) is 3.15. The summed E-state index contributed by atoms with van der Waals surface area (Å²) in [6.07, 6.45) is 6.75. The quantitative estimate of drug-likeness (QED) is 0.595. The van der Waals surface area contributed by atoms with Crippen LogP contribution < -0.4 is 9.46 Å². The number of likely N-dealkylation sites (tertiary alicyclic amines) is 1. The first kappa shape index (κ1) is 22.9. The second-order valence-corrected chi connectivity index (χ2v) is 10.7. The molecule has 9 heteroatoms. The molecule has 0 radical (unpaired) electrons. The normalized spacial score (nSPS) is 21.6. The van der Waals surface area contributed by atoms with Crippen LogP contribution in [0.5, 0.6) is 5.75 Å². The summed E-state index contributed by atoms with van der Waals surface area (Å²) in [4.78, 5) is 14.8. The second-order valence-electron chi connectivity index (χ2n) is 9.01. The standard InChI is InChI=1S/C25H27FN2O5S/c1-32-25(29)23-21(8-7-19-20-14-17(20)15-33-24(19)23)27-34(30,31)22-9-6-18(26)13-16(22)5-4-12-28-10-2-3-11-28/h4-9,13,17,20,27H,2-3,10-12,14-15H2,1H3/b5-4-. The van der Waals surface area contributed by atoms with Crippen molar-refractivity contribution in [2.45, 2.75) is 30.1 Å². The minimum atomic E-state index is -4.15. The molecule has 0 amide bonds. The molecule has 3 aliphatic rings. The molecule has 2 unspecified atom stereocenters. The highest BCUT2D eigenvalue weighted by molar-refractivity contribution is 7.92. The summed E-state index contributed by atoms with van der Waals surface area (Å²) < 4.78 is 54.1. The van der Waals surface area contributed by atoms with Gasteiger partial charge in [0.05, 0.1) is 24.3 Å². The molecule has 7 nitrogen and oxygen atoms in total. The molecule has 0 aromatic heterocycles. The first-order valence-electron chi connectivity index (χ1n) is 11.5. The Balaban J connectivity index is 1.47. The fourth-order valence-corrected chi connectivity index (χ4v) is 6.08. The van der Waals surface area contributed by atoms with Crippen LogP contribution in [0.2, 0.25) is 0 Å². The third-order valence-electron chi connectivity index (χ3n) is 6.71. The smallest absolute Gasteiger partial charge is 0.343 e. The average molecular weight is 487 g/mol. The minimum absolute atomic E-state index is 0.0576. The van der Waals surface area contributed by atoms with Gasteiger partial charge in [-0.25, -0.2) is 17.6 Å². The van der Waals surface area contributed by atoms with Gasteiger partial charge in [0, 0.05) is 12.5 Å². The molecule has 5 rings (SSSR count). The van der Waals surface area contributed by atoms with Gasteiger partial charge in [0.15, 0.2) is 0 Å². The lowest BCUT2D eigenvalue weighted by Crippen LogP contribution is -2.20. The van der Waals surface area contributed by atoms with Gasteiger partial charge >= 0.3 is 5.97 Å². The van der Waals surface area contributed by atoms with Gasteiger partial charge in [-0.15, -0.1) is 0 Å². The first-order valence-corrected chi connectivity index (χ1v) is 12.9. The van der Waals surface area contributed by atoms with Gasteiger partial charge in [-0.3, -0.25) is 9.62 Å². The van der Waals surface area contributed by atoms with E-state index in [1.165, 1.54) is 19.2 Å². The maximum absolute atomic E-state index is 14.0. The summed E-state index contributed by atoms with van der Waals surface area (Å²) in [5, 5.41) is 0. The number of ether oxygens (including phenoxy) is 2. The van der Waals surface area contributed by atoms with E-state index in [1.807, 2.05) is 6.08 Å². The van der Waals surface area contributed by atoms with Gasteiger partial charge in [0.2, 0.25) is 0 Å². The number of hydrogen-bond acceptors (Lipinski definition) is 6. The van der Waals surface area contributed by atoms with Crippen LogP contribution in [-0.2, 0) is 14.8 Å². The number of nitrogens with one attached hydrogen (secondary N) is 1. The van der Waals surface area contributed by atoms with Gasteiger partial charge in [-0.05, 0) is 73.7 Å².